The number of hydrogen-bond donors (Lipinski definition) is 1. The smallest absolute Gasteiger partial charge is 0.748 e. The van der Waals surface area contributed by atoms with Crippen molar-refractivity contribution in [1.29, 1.82) is 0 Å². The van der Waals surface area contributed by atoms with Crippen molar-refractivity contribution in [2.45, 2.75) is 154 Å². The van der Waals surface area contributed by atoms with Crippen molar-refractivity contribution in [2.75, 3.05) is 0 Å². The van der Waals surface area contributed by atoms with E-state index in [2.05, 4.69) is 13.8 Å². The largest absolute Gasteiger partial charge is 1.00 e. The van der Waals surface area contributed by atoms with Gasteiger partial charge in [-0.2, -0.15) is 0 Å². The maximum Gasteiger partial charge on any atom is 1.00 e. The minimum absolute atomic E-state index is 0. The molecule has 0 fully saturated rings. The molecule has 0 aliphatic carbocycles. The van der Waals surface area contributed by atoms with Gasteiger partial charge in [0.2, 0.25) is 0 Å². The van der Waals surface area contributed by atoms with Crippen LogP contribution in [0, 0.1) is 0 Å². The van der Waals surface area contributed by atoms with Crippen LogP contribution in [0.25, 0.3) is 0 Å². The van der Waals surface area contributed by atoms with E-state index in [-0.39, 0.29) is 57.5 Å². The van der Waals surface area contributed by atoms with Crippen LogP contribution >= 0.6 is 0 Å². The standard InChI is InChI=1S/C24H50O4S.K/c1-3-5-7-8-9-10-11-12-13-17-21-24(29(26,27)28)22-18-14-16-20-23(25)19-15-6-4-2;/h23-25H,3-22H2,1-2H3,(H,26,27,28);/q;+1/p-1. The Morgan fingerprint density at radius 3 is 1.33 bits per heavy atom. The molecule has 0 bridgehead atoms. The third kappa shape index (κ3) is 22.7. The molecule has 0 aliphatic rings. The van der Waals surface area contributed by atoms with E-state index in [0.29, 0.717) is 12.8 Å². The SMILES string of the molecule is CCCCCCCCCCCCC(CCCCCC(O)CCCCC)S(=O)(=O)[O-].[K+]. The molecule has 0 saturated carbocycles. The predicted octanol–water partition coefficient (Wildman–Crippen LogP) is 4.11. The monoisotopic (exact) mass is 472 g/mol. The van der Waals surface area contributed by atoms with Gasteiger partial charge in [0.1, 0.15) is 0 Å². The minimum Gasteiger partial charge on any atom is -0.748 e. The van der Waals surface area contributed by atoms with Crippen LogP contribution in [0.4, 0.5) is 0 Å². The molecule has 0 aromatic rings. The Morgan fingerprint density at radius 2 is 0.900 bits per heavy atom. The first-order chi connectivity index (χ1) is 13.9. The molecule has 0 saturated heterocycles. The average Bonchev–Trinajstić information content (AvgIpc) is 2.66. The Hall–Kier alpha value is 1.51. The van der Waals surface area contributed by atoms with Gasteiger partial charge >= 0.3 is 51.4 Å². The van der Waals surface area contributed by atoms with Crippen LogP contribution in [0.15, 0.2) is 0 Å². The molecule has 0 amide bonds. The van der Waals surface area contributed by atoms with Gasteiger partial charge in [0.25, 0.3) is 0 Å². The fourth-order valence-electron chi connectivity index (χ4n) is 4.00. The number of hydrogen-bond acceptors (Lipinski definition) is 4. The normalized spacial score (nSPS) is 13.7. The Kier molecular flexibility index (Phi) is 26.6. The van der Waals surface area contributed by atoms with Crippen LogP contribution in [-0.2, 0) is 10.1 Å². The van der Waals surface area contributed by atoms with E-state index in [4.69, 9.17) is 0 Å². The zero-order valence-electron chi connectivity index (χ0n) is 20.4. The van der Waals surface area contributed by atoms with Crippen LogP contribution in [0.5, 0.6) is 0 Å². The van der Waals surface area contributed by atoms with Crippen molar-refractivity contribution >= 4 is 10.1 Å². The molecule has 0 rings (SSSR count). The Bertz CT molecular complexity index is 442. The zero-order chi connectivity index (χ0) is 21.8. The second-order valence-electron chi connectivity index (χ2n) is 8.87. The van der Waals surface area contributed by atoms with E-state index in [0.717, 1.165) is 64.2 Å². The average molecular weight is 473 g/mol. The second-order valence-corrected chi connectivity index (χ2v) is 10.5. The predicted molar refractivity (Wildman–Crippen MR) is 123 cm³/mol. The molecule has 0 aromatic carbocycles. The van der Waals surface area contributed by atoms with Gasteiger partial charge in [0, 0.05) is 5.25 Å². The first kappa shape index (κ1) is 33.7. The molecule has 6 heteroatoms. The van der Waals surface area contributed by atoms with Gasteiger partial charge in [-0.15, -0.1) is 0 Å². The summed E-state index contributed by atoms with van der Waals surface area (Å²) in [6.07, 6.45) is 20.5. The summed E-state index contributed by atoms with van der Waals surface area (Å²) in [5, 5.41) is 9.21. The maximum atomic E-state index is 11.5. The molecule has 0 aromatic heterocycles. The molecule has 0 heterocycles. The van der Waals surface area contributed by atoms with Gasteiger partial charge in [-0.05, 0) is 25.7 Å². The molecule has 0 radical (unpaired) electrons. The van der Waals surface area contributed by atoms with E-state index < -0.39 is 15.4 Å². The quantitative estimate of drug-likeness (QED) is 0.146. The van der Waals surface area contributed by atoms with Crippen molar-refractivity contribution in [3.63, 3.8) is 0 Å². The van der Waals surface area contributed by atoms with Crippen LogP contribution in [-0.4, -0.2) is 29.4 Å². The van der Waals surface area contributed by atoms with Gasteiger partial charge < -0.3 is 9.66 Å². The molecule has 0 spiro atoms. The van der Waals surface area contributed by atoms with Crippen molar-refractivity contribution in [2.24, 2.45) is 0 Å². The first-order valence-electron chi connectivity index (χ1n) is 12.5. The molecule has 4 nitrogen and oxygen atoms in total. The van der Waals surface area contributed by atoms with Crippen molar-refractivity contribution in [3.05, 3.63) is 0 Å². The Labute approximate surface area is 230 Å². The summed E-state index contributed by atoms with van der Waals surface area (Å²) in [5.74, 6) is 0. The third-order valence-corrected chi connectivity index (χ3v) is 7.28. The third-order valence-electron chi connectivity index (χ3n) is 5.99. The van der Waals surface area contributed by atoms with Gasteiger partial charge in [0.05, 0.1) is 16.2 Å². The molecular weight excluding hydrogens is 423 g/mol. The van der Waals surface area contributed by atoms with E-state index in [1.54, 1.807) is 0 Å². The fraction of sp³-hybridized carbons (Fsp3) is 1.00. The van der Waals surface area contributed by atoms with Crippen LogP contribution in [0.3, 0.4) is 0 Å². The second kappa shape index (κ2) is 23.7. The number of unbranched alkanes of at least 4 members (excludes halogenated alkanes) is 13. The Balaban J connectivity index is 0. The molecule has 2 atom stereocenters. The van der Waals surface area contributed by atoms with Crippen molar-refractivity contribution in [3.8, 4) is 0 Å². The summed E-state index contributed by atoms with van der Waals surface area (Å²) in [5.41, 5.74) is 0. The van der Waals surface area contributed by atoms with E-state index in [1.165, 1.54) is 51.4 Å². The summed E-state index contributed by atoms with van der Waals surface area (Å²) in [7, 11) is -4.19. The van der Waals surface area contributed by atoms with Crippen LogP contribution in [0.2, 0.25) is 0 Å². The number of aliphatic hydroxyl groups is 1. The molecule has 30 heavy (non-hydrogen) atoms. The summed E-state index contributed by atoms with van der Waals surface area (Å²) < 4.78 is 34.6. The van der Waals surface area contributed by atoms with Crippen molar-refractivity contribution in [1.82, 2.24) is 0 Å². The molecule has 2 unspecified atom stereocenters. The van der Waals surface area contributed by atoms with Crippen LogP contribution in [0.1, 0.15) is 142 Å². The number of rotatable bonds is 22. The minimum atomic E-state index is -4.19. The van der Waals surface area contributed by atoms with Crippen LogP contribution < -0.4 is 51.4 Å². The molecular formula is C24H49KO4S. The van der Waals surface area contributed by atoms with Crippen molar-refractivity contribution < 1.29 is 69.5 Å². The molecule has 176 valence electrons. The van der Waals surface area contributed by atoms with Gasteiger partial charge in [-0.25, -0.2) is 8.42 Å². The fourth-order valence-corrected chi connectivity index (χ4v) is 4.91. The first-order valence-corrected chi connectivity index (χ1v) is 14.0. The summed E-state index contributed by atoms with van der Waals surface area (Å²) in [6.45, 7) is 4.39. The van der Waals surface area contributed by atoms with Gasteiger partial charge in [0.15, 0.2) is 0 Å². The van der Waals surface area contributed by atoms with Gasteiger partial charge in [-0.1, -0.05) is 117 Å². The zero-order valence-corrected chi connectivity index (χ0v) is 24.3. The van der Waals surface area contributed by atoms with E-state index in [1.807, 2.05) is 0 Å². The summed E-state index contributed by atoms with van der Waals surface area (Å²) in [4.78, 5) is 0. The Morgan fingerprint density at radius 1 is 0.600 bits per heavy atom. The van der Waals surface area contributed by atoms with E-state index in [9.17, 15) is 18.1 Å². The summed E-state index contributed by atoms with van der Waals surface area (Å²) >= 11 is 0. The topological polar surface area (TPSA) is 77.4 Å². The van der Waals surface area contributed by atoms with Gasteiger partial charge in [-0.3, -0.25) is 0 Å². The molecule has 0 aliphatic heterocycles. The van der Waals surface area contributed by atoms with E-state index >= 15 is 0 Å². The molecule has 1 N–H and O–H groups in total. The number of aliphatic hydroxyl groups excluding tert-OH is 1. The summed E-state index contributed by atoms with van der Waals surface area (Å²) in [6, 6.07) is 0. The maximum absolute atomic E-state index is 11.5.